The lowest BCUT2D eigenvalue weighted by atomic mass is 9.66. The van der Waals surface area contributed by atoms with Gasteiger partial charge in [0, 0.05) is 22.0 Å². The Morgan fingerprint density at radius 1 is 1.36 bits per heavy atom. The Labute approximate surface area is 202 Å². The Bertz CT molecular complexity index is 984. The first-order valence-electron chi connectivity index (χ1n) is 11.2. The zero-order valence-corrected chi connectivity index (χ0v) is 20.3. The van der Waals surface area contributed by atoms with E-state index in [1.54, 1.807) is 35.2 Å². The lowest BCUT2D eigenvalue weighted by Crippen LogP contribution is -2.57. The van der Waals surface area contributed by atoms with Crippen molar-refractivity contribution >= 4 is 46.8 Å². The predicted molar refractivity (Wildman–Crippen MR) is 128 cm³/mol. The summed E-state index contributed by atoms with van der Waals surface area (Å²) in [5, 5.41) is 20.7. The Morgan fingerprint density at radius 2 is 2.03 bits per heavy atom. The topological polar surface area (TPSA) is 98.2 Å². The SMILES string of the molecule is C=CCN(C(=O)C1N([C@@H](CC)CO)C(=O)[C@@H]2[C@H](C(=O)O)[C@]3(C)CCC12S3)c1ccc(Cl)cc1. The van der Waals surface area contributed by atoms with Gasteiger partial charge in [0.05, 0.1) is 29.2 Å². The van der Waals surface area contributed by atoms with Gasteiger partial charge in [-0.05, 0) is 50.5 Å². The van der Waals surface area contributed by atoms with E-state index < -0.39 is 39.4 Å². The minimum atomic E-state index is -1.00. The van der Waals surface area contributed by atoms with Crippen molar-refractivity contribution in [2.45, 2.75) is 54.7 Å². The van der Waals surface area contributed by atoms with Crippen molar-refractivity contribution in [1.82, 2.24) is 4.90 Å². The molecule has 3 saturated heterocycles. The third-order valence-corrected chi connectivity index (χ3v) is 9.74. The summed E-state index contributed by atoms with van der Waals surface area (Å²) in [6, 6.07) is 5.43. The number of halogens is 1. The van der Waals surface area contributed by atoms with E-state index in [1.165, 1.54) is 16.7 Å². The normalized spacial score (nSPS) is 33.2. The van der Waals surface area contributed by atoms with E-state index in [9.17, 15) is 24.6 Å². The number of hydrogen-bond acceptors (Lipinski definition) is 5. The summed E-state index contributed by atoms with van der Waals surface area (Å²) in [4.78, 5) is 43.4. The number of carbonyl (C=O) groups is 3. The number of amides is 2. The molecule has 3 heterocycles. The summed E-state index contributed by atoms with van der Waals surface area (Å²) in [6.07, 6.45) is 3.27. The minimum absolute atomic E-state index is 0.222. The quantitative estimate of drug-likeness (QED) is 0.541. The first-order chi connectivity index (χ1) is 15.6. The molecule has 3 aliphatic heterocycles. The van der Waals surface area contributed by atoms with Crippen LogP contribution in [0.15, 0.2) is 36.9 Å². The number of thioether (sulfide) groups is 1. The maximum Gasteiger partial charge on any atom is 0.308 e. The summed E-state index contributed by atoms with van der Waals surface area (Å²) in [7, 11) is 0. The van der Waals surface area contributed by atoms with Gasteiger partial charge in [-0.25, -0.2) is 0 Å². The standard InChI is InChI=1S/C24H29ClN2O5S/c1-4-12-26(16-8-6-14(25)7-9-16)21(30)19-24-11-10-23(3,33-24)18(22(31)32)17(24)20(29)27(19)15(5-2)13-28/h4,6-9,15,17-19,28H,1,5,10-13H2,2-3H3,(H,31,32)/t15-,17-,18+,19?,23-,24?/m0/s1. The molecule has 1 spiro atoms. The molecular formula is C24H29ClN2O5S. The van der Waals surface area contributed by atoms with Gasteiger partial charge in [0.25, 0.3) is 5.91 Å². The molecular weight excluding hydrogens is 464 g/mol. The Hall–Kier alpha value is -2.03. The second-order valence-electron chi connectivity index (χ2n) is 9.27. The average Bonchev–Trinajstić information content (AvgIpc) is 3.35. The van der Waals surface area contributed by atoms with Gasteiger partial charge in [-0.1, -0.05) is 24.6 Å². The zero-order chi connectivity index (χ0) is 24.1. The molecule has 4 rings (SSSR count). The molecule has 1 aromatic rings. The molecule has 2 amide bonds. The van der Waals surface area contributed by atoms with Crippen LogP contribution in [-0.4, -0.2) is 67.6 Å². The summed E-state index contributed by atoms with van der Waals surface area (Å²) in [5.41, 5.74) is 0.618. The van der Waals surface area contributed by atoms with Crippen LogP contribution < -0.4 is 4.90 Å². The molecule has 0 aromatic heterocycles. The fourth-order valence-corrected chi connectivity index (χ4v) is 8.50. The van der Waals surface area contributed by atoms with Crippen LogP contribution in [0, 0.1) is 11.8 Å². The number of aliphatic hydroxyl groups is 1. The molecule has 0 saturated carbocycles. The fourth-order valence-electron chi connectivity index (χ4n) is 6.05. The summed E-state index contributed by atoms with van der Waals surface area (Å²) in [6.45, 7) is 7.46. The number of carbonyl (C=O) groups excluding carboxylic acids is 2. The number of aliphatic hydroxyl groups excluding tert-OH is 1. The highest BCUT2D eigenvalue weighted by molar-refractivity contribution is 8.02. The molecule has 0 radical (unpaired) electrons. The van der Waals surface area contributed by atoms with Gasteiger partial charge >= 0.3 is 5.97 Å². The molecule has 2 bridgehead atoms. The third kappa shape index (κ3) is 3.49. The van der Waals surface area contributed by atoms with Crippen molar-refractivity contribution in [1.29, 1.82) is 0 Å². The van der Waals surface area contributed by atoms with Crippen molar-refractivity contribution in [2.24, 2.45) is 11.8 Å². The molecule has 178 valence electrons. The van der Waals surface area contributed by atoms with E-state index in [0.29, 0.717) is 30.0 Å². The highest BCUT2D eigenvalue weighted by Gasteiger charge is 2.78. The second-order valence-corrected chi connectivity index (χ2v) is 11.6. The number of likely N-dealkylation sites (tertiary alicyclic amines) is 1. The van der Waals surface area contributed by atoms with Crippen molar-refractivity contribution in [3.8, 4) is 0 Å². The number of carboxylic acid groups (broad SMARTS) is 1. The first kappa shape index (κ1) is 24.1. The van der Waals surface area contributed by atoms with Crippen molar-refractivity contribution in [2.75, 3.05) is 18.1 Å². The Balaban J connectivity index is 1.85. The van der Waals surface area contributed by atoms with Gasteiger partial charge in [0.1, 0.15) is 6.04 Å². The molecule has 2 N–H and O–H groups in total. The van der Waals surface area contributed by atoms with E-state index in [2.05, 4.69) is 6.58 Å². The van der Waals surface area contributed by atoms with Crippen molar-refractivity contribution in [3.05, 3.63) is 41.9 Å². The lowest BCUT2D eigenvalue weighted by Gasteiger charge is -2.39. The number of fused-ring (bicyclic) bond motifs is 1. The first-order valence-corrected chi connectivity index (χ1v) is 12.4. The van der Waals surface area contributed by atoms with Gasteiger partial charge in [-0.3, -0.25) is 14.4 Å². The predicted octanol–water partition coefficient (Wildman–Crippen LogP) is 3.20. The van der Waals surface area contributed by atoms with Crippen LogP contribution in [0.3, 0.4) is 0 Å². The maximum absolute atomic E-state index is 14.2. The number of carboxylic acids is 1. The smallest absolute Gasteiger partial charge is 0.308 e. The lowest BCUT2D eigenvalue weighted by molar-refractivity contribution is -0.150. The van der Waals surface area contributed by atoms with Gasteiger partial charge in [-0.2, -0.15) is 0 Å². The van der Waals surface area contributed by atoms with Crippen LogP contribution >= 0.6 is 23.4 Å². The number of benzene rings is 1. The van der Waals surface area contributed by atoms with Crippen LogP contribution in [0.1, 0.15) is 33.1 Å². The highest BCUT2D eigenvalue weighted by Crippen LogP contribution is 2.71. The van der Waals surface area contributed by atoms with Gasteiger partial charge < -0.3 is 20.0 Å². The molecule has 2 unspecified atom stereocenters. The molecule has 7 nitrogen and oxygen atoms in total. The van der Waals surface area contributed by atoms with Crippen molar-refractivity contribution in [3.63, 3.8) is 0 Å². The highest BCUT2D eigenvalue weighted by atomic mass is 35.5. The molecule has 3 fully saturated rings. The molecule has 33 heavy (non-hydrogen) atoms. The summed E-state index contributed by atoms with van der Waals surface area (Å²) >= 11 is 7.53. The van der Waals surface area contributed by atoms with E-state index in [0.717, 1.165) is 0 Å². The van der Waals surface area contributed by atoms with Crippen LogP contribution in [0.4, 0.5) is 5.69 Å². The van der Waals surface area contributed by atoms with Gasteiger partial charge in [-0.15, -0.1) is 18.3 Å². The Morgan fingerprint density at radius 3 is 2.58 bits per heavy atom. The number of anilines is 1. The maximum atomic E-state index is 14.2. The zero-order valence-electron chi connectivity index (χ0n) is 18.7. The van der Waals surface area contributed by atoms with Gasteiger partial charge in [0.15, 0.2) is 0 Å². The van der Waals surface area contributed by atoms with Crippen molar-refractivity contribution < 1.29 is 24.6 Å². The largest absolute Gasteiger partial charge is 0.481 e. The monoisotopic (exact) mass is 492 g/mol. The number of rotatable bonds is 8. The number of hydrogen-bond donors (Lipinski definition) is 2. The molecule has 9 heteroatoms. The average molecular weight is 493 g/mol. The van der Waals surface area contributed by atoms with E-state index in [4.69, 9.17) is 11.6 Å². The van der Waals surface area contributed by atoms with E-state index in [-0.39, 0.29) is 25.0 Å². The summed E-state index contributed by atoms with van der Waals surface area (Å²) in [5.74, 6) is -3.31. The summed E-state index contributed by atoms with van der Waals surface area (Å²) < 4.78 is -1.46. The van der Waals surface area contributed by atoms with Crippen LogP contribution in [0.2, 0.25) is 5.02 Å². The van der Waals surface area contributed by atoms with Crippen LogP contribution in [0.25, 0.3) is 0 Å². The number of aliphatic carboxylic acids is 1. The van der Waals surface area contributed by atoms with Gasteiger partial charge in [0.2, 0.25) is 5.91 Å². The van der Waals surface area contributed by atoms with Crippen LogP contribution in [-0.2, 0) is 14.4 Å². The fraction of sp³-hybridized carbons (Fsp3) is 0.542. The Kier molecular flexibility index (Phi) is 6.31. The molecule has 6 atom stereocenters. The third-order valence-electron chi connectivity index (χ3n) is 7.51. The van der Waals surface area contributed by atoms with E-state index >= 15 is 0 Å². The molecule has 3 aliphatic rings. The molecule has 0 aliphatic carbocycles. The second kappa shape index (κ2) is 8.64. The van der Waals surface area contributed by atoms with Crippen LogP contribution in [0.5, 0.6) is 0 Å². The molecule has 1 aromatic carbocycles. The number of nitrogens with zero attached hydrogens (tertiary/aromatic N) is 2. The minimum Gasteiger partial charge on any atom is -0.481 e. The van der Waals surface area contributed by atoms with E-state index in [1.807, 2.05) is 13.8 Å².